The summed E-state index contributed by atoms with van der Waals surface area (Å²) in [6.07, 6.45) is 2.44. The van der Waals surface area contributed by atoms with Gasteiger partial charge in [0.2, 0.25) is 5.91 Å². The SMILES string of the molecule is CCOc1ccc(S(=O)(=O)N(CC(=O)NCc2ccccc2CN2CCCC2)c2ccc(C)cc2)cc1. The van der Waals surface area contributed by atoms with Crippen LogP contribution in [-0.2, 0) is 27.9 Å². The van der Waals surface area contributed by atoms with Crippen molar-refractivity contribution < 1.29 is 17.9 Å². The summed E-state index contributed by atoms with van der Waals surface area (Å²) in [6, 6.07) is 21.5. The third-order valence-electron chi connectivity index (χ3n) is 6.52. The molecule has 0 bridgehead atoms. The predicted molar refractivity (Wildman–Crippen MR) is 146 cm³/mol. The fourth-order valence-electron chi connectivity index (χ4n) is 4.47. The van der Waals surface area contributed by atoms with Crippen molar-refractivity contribution in [1.29, 1.82) is 0 Å². The third-order valence-corrected chi connectivity index (χ3v) is 8.31. The zero-order valence-electron chi connectivity index (χ0n) is 21.5. The Bertz CT molecular complexity index is 1290. The van der Waals surface area contributed by atoms with Crippen LogP contribution < -0.4 is 14.4 Å². The van der Waals surface area contributed by atoms with Gasteiger partial charge in [0, 0.05) is 13.1 Å². The first-order valence-corrected chi connectivity index (χ1v) is 14.2. The van der Waals surface area contributed by atoms with Crippen LogP contribution in [0.1, 0.15) is 36.5 Å². The highest BCUT2D eigenvalue weighted by Gasteiger charge is 2.27. The number of aryl methyl sites for hydroxylation is 1. The minimum atomic E-state index is -3.99. The Balaban J connectivity index is 1.51. The zero-order valence-corrected chi connectivity index (χ0v) is 22.3. The molecule has 0 spiro atoms. The normalized spacial score (nSPS) is 13.9. The fourth-order valence-corrected chi connectivity index (χ4v) is 5.89. The molecule has 196 valence electrons. The smallest absolute Gasteiger partial charge is 0.264 e. The minimum absolute atomic E-state index is 0.0975. The maximum atomic E-state index is 13.6. The molecule has 1 amide bonds. The van der Waals surface area contributed by atoms with Gasteiger partial charge in [-0.1, -0.05) is 42.0 Å². The molecule has 0 saturated carbocycles. The molecule has 1 N–H and O–H groups in total. The van der Waals surface area contributed by atoms with E-state index in [1.807, 2.05) is 44.2 Å². The number of rotatable bonds is 11. The number of carbonyl (C=O) groups is 1. The molecule has 8 heteroatoms. The number of nitrogens with zero attached hydrogens (tertiary/aromatic N) is 2. The molecular weight excluding hydrogens is 486 g/mol. The largest absolute Gasteiger partial charge is 0.494 e. The Morgan fingerprint density at radius 1 is 0.946 bits per heavy atom. The van der Waals surface area contributed by atoms with Crippen LogP contribution in [0.15, 0.2) is 77.7 Å². The first kappa shape index (κ1) is 26.7. The maximum absolute atomic E-state index is 13.6. The molecule has 0 unspecified atom stereocenters. The van der Waals surface area contributed by atoms with Crippen LogP contribution in [0, 0.1) is 6.92 Å². The molecule has 37 heavy (non-hydrogen) atoms. The first-order valence-electron chi connectivity index (χ1n) is 12.7. The highest BCUT2D eigenvalue weighted by Crippen LogP contribution is 2.25. The van der Waals surface area contributed by atoms with Gasteiger partial charge in [0.05, 0.1) is 17.2 Å². The molecule has 3 aromatic rings. The summed E-state index contributed by atoms with van der Waals surface area (Å²) in [7, 11) is -3.99. The minimum Gasteiger partial charge on any atom is -0.494 e. The standard InChI is InChI=1S/C29H35N3O4S/c1-3-36-27-14-16-28(17-15-27)37(34,35)32(26-12-10-23(2)11-13-26)22-29(33)30-20-24-8-4-5-9-25(24)21-31-18-6-7-19-31/h4-5,8-17H,3,6-7,18-22H2,1-2H3,(H,30,33). The molecule has 1 saturated heterocycles. The molecule has 4 rings (SSSR count). The average molecular weight is 522 g/mol. The Labute approximate surface area is 220 Å². The van der Waals surface area contributed by atoms with Crippen LogP contribution in [0.4, 0.5) is 5.69 Å². The van der Waals surface area contributed by atoms with Crippen LogP contribution in [0.2, 0.25) is 0 Å². The number of amides is 1. The van der Waals surface area contributed by atoms with Gasteiger partial charge in [-0.3, -0.25) is 14.0 Å². The van der Waals surface area contributed by atoms with Crippen molar-refractivity contribution in [2.45, 2.75) is 44.7 Å². The Morgan fingerprint density at radius 3 is 2.24 bits per heavy atom. The first-order chi connectivity index (χ1) is 17.9. The summed E-state index contributed by atoms with van der Waals surface area (Å²) in [4.78, 5) is 15.6. The van der Waals surface area contributed by atoms with Gasteiger partial charge in [0.25, 0.3) is 10.0 Å². The summed E-state index contributed by atoms with van der Waals surface area (Å²) in [6.45, 7) is 7.34. The number of hydrogen-bond donors (Lipinski definition) is 1. The van der Waals surface area contributed by atoms with E-state index >= 15 is 0 Å². The van der Waals surface area contributed by atoms with Gasteiger partial charge in [-0.05, 0) is 87.3 Å². The highest BCUT2D eigenvalue weighted by molar-refractivity contribution is 7.92. The van der Waals surface area contributed by atoms with E-state index < -0.39 is 10.0 Å². The average Bonchev–Trinajstić information content (AvgIpc) is 3.41. The molecule has 3 aromatic carbocycles. The quantitative estimate of drug-likeness (QED) is 0.402. The summed E-state index contributed by atoms with van der Waals surface area (Å²) in [5, 5.41) is 2.94. The number of benzene rings is 3. The van der Waals surface area contributed by atoms with Gasteiger partial charge in [-0.15, -0.1) is 0 Å². The van der Waals surface area contributed by atoms with Gasteiger partial charge >= 0.3 is 0 Å². The number of anilines is 1. The number of carbonyl (C=O) groups excluding carboxylic acids is 1. The monoisotopic (exact) mass is 521 g/mol. The maximum Gasteiger partial charge on any atom is 0.264 e. The molecule has 1 aliphatic rings. The molecule has 0 atom stereocenters. The van der Waals surface area contributed by atoms with Crippen molar-refractivity contribution in [2.75, 3.05) is 30.5 Å². The Kier molecular flexibility index (Phi) is 8.84. The van der Waals surface area contributed by atoms with Crippen molar-refractivity contribution >= 4 is 21.6 Å². The lowest BCUT2D eigenvalue weighted by molar-refractivity contribution is -0.119. The molecule has 0 aliphatic carbocycles. The van der Waals surface area contributed by atoms with E-state index in [0.29, 0.717) is 24.6 Å². The van der Waals surface area contributed by atoms with Crippen molar-refractivity contribution in [2.24, 2.45) is 0 Å². The second-order valence-corrected chi connectivity index (χ2v) is 11.1. The van der Waals surface area contributed by atoms with Gasteiger partial charge in [-0.25, -0.2) is 8.42 Å². The lowest BCUT2D eigenvalue weighted by Crippen LogP contribution is -2.40. The van der Waals surface area contributed by atoms with Crippen molar-refractivity contribution in [3.63, 3.8) is 0 Å². The van der Waals surface area contributed by atoms with Crippen molar-refractivity contribution in [3.05, 3.63) is 89.5 Å². The molecule has 0 radical (unpaired) electrons. The number of ether oxygens (including phenoxy) is 1. The second-order valence-electron chi connectivity index (χ2n) is 9.28. The Hall–Kier alpha value is -3.36. The van der Waals surface area contributed by atoms with Crippen LogP contribution in [0.3, 0.4) is 0 Å². The number of hydrogen-bond acceptors (Lipinski definition) is 5. The van der Waals surface area contributed by atoms with Gasteiger partial charge < -0.3 is 10.1 Å². The molecule has 7 nitrogen and oxygen atoms in total. The lowest BCUT2D eigenvalue weighted by Gasteiger charge is -2.24. The third kappa shape index (κ3) is 6.90. The molecular formula is C29H35N3O4S. The fraction of sp³-hybridized carbons (Fsp3) is 0.345. The van der Waals surface area contributed by atoms with Gasteiger partial charge in [0.15, 0.2) is 0 Å². The summed E-state index contributed by atoms with van der Waals surface area (Å²) < 4.78 is 33.9. The Morgan fingerprint density at radius 2 is 1.59 bits per heavy atom. The van der Waals surface area contributed by atoms with E-state index in [9.17, 15) is 13.2 Å². The zero-order chi connectivity index (χ0) is 26.3. The van der Waals surface area contributed by atoms with Gasteiger partial charge in [-0.2, -0.15) is 0 Å². The number of likely N-dealkylation sites (tertiary alicyclic amines) is 1. The van der Waals surface area contributed by atoms with E-state index in [4.69, 9.17) is 4.74 Å². The van der Waals surface area contributed by atoms with E-state index in [1.165, 1.54) is 30.5 Å². The topological polar surface area (TPSA) is 79.0 Å². The van der Waals surface area contributed by atoms with Crippen molar-refractivity contribution in [3.8, 4) is 5.75 Å². The molecule has 1 aliphatic heterocycles. The van der Waals surface area contributed by atoms with Gasteiger partial charge in [0.1, 0.15) is 12.3 Å². The lowest BCUT2D eigenvalue weighted by atomic mass is 10.1. The second kappa shape index (κ2) is 12.3. The van der Waals surface area contributed by atoms with E-state index in [-0.39, 0.29) is 17.3 Å². The van der Waals surface area contributed by atoms with E-state index in [0.717, 1.165) is 35.1 Å². The van der Waals surface area contributed by atoms with E-state index in [1.54, 1.807) is 24.3 Å². The summed E-state index contributed by atoms with van der Waals surface area (Å²) in [5.74, 6) is 0.222. The molecule has 0 aromatic heterocycles. The number of sulfonamides is 1. The molecule has 1 fully saturated rings. The molecule has 1 heterocycles. The predicted octanol–water partition coefficient (Wildman–Crippen LogP) is 4.50. The van der Waals surface area contributed by atoms with Crippen LogP contribution in [0.5, 0.6) is 5.75 Å². The summed E-state index contributed by atoms with van der Waals surface area (Å²) >= 11 is 0. The van der Waals surface area contributed by atoms with Crippen LogP contribution in [0.25, 0.3) is 0 Å². The highest BCUT2D eigenvalue weighted by atomic mass is 32.2. The van der Waals surface area contributed by atoms with Crippen LogP contribution in [-0.4, -0.2) is 45.5 Å². The van der Waals surface area contributed by atoms with Crippen molar-refractivity contribution in [1.82, 2.24) is 10.2 Å². The number of nitrogens with one attached hydrogen (secondary N) is 1. The summed E-state index contributed by atoms with van der Waals surface area (Å²) in [5.41, 5.74) is 3.66. The van der Waals surface area contributed by atoms with E-state index in [2.05, 4.69) is 16.3 Å². The van der Waals surface area contributed by atoms with Crippen LogP contribution >= 0.6 is 0 Å².